The Hall–Kier alpha value is -1.93. The first kappa shape index (κ1) is 10.2. The second-order valence-electron chi connectivity index (χ2n) is 2.67. The summed E-state index contributed by atoms with van der Waals surface area (Å²) in [6.07, 6.45) is 1.60. The van der Waals surface area contributed by atoms with Gasteiger partial charge in [-0.25, -0.2) is 0 Å². The number of hydrogen-bond donors (Lipinski definition) is 2. The highest BCUT2D eigenvalue weighted by atomic mass is 16.3. The van der Waals surface area contributed by atoms with E-state index in [1.54, 1.807) is 0 Å². The number of aromatic nitrogens is 1. The van der Waals surface area contributed by atoms with Crippen molar-refractivity contribution in [1.29, 1.82) is 5.26 Å². The van der Waals surface area contributed by atoms with Crippen molar-refractivity contribution in [1.82, 2.24) is 4.98 Å². The first-order chi connectivity index (χ1) is 6.69. The van der Waals surface area contributed by atoms with Crippen molar-refractivity contribution in [3.8, 4) is 6.07 Å². The van der Waals surface area contributed by atoms with E-state index >= 15 is 0 Å². The van der Waals surface area contributed by atoms with Crippen LogP contribution in [0.5, 0.6) is 0 Å². The Balaban J connectivity index is 3.18. The number of pyridine rings is 1. The molecule has 1 aromatic heterocycles. The fraction of sp³-hybridized carbons (Fsp3) is 0.222. The highest BCUT2D eigenvalue weighted by Gasteiger charge is 2.09. The molecular formula is C9H9N3O2. The second-order valence-corrected chi connectivity index (χ2v) is 2.67. The second kappa shape index (κ2) is 4.35. The number of carbonyl (C=O) groups excluding carboxylic acids is 1. The standard InChI is InChI=1S/C9H9N3O2/c10-4-6-3-7(9(11)14)8(1-2-13)12-5-6/h3,5,13H,1-2H2,(H2,11,14). The van der Waals surface area contributed by atoms with Crippen molar-refractivity contribution in [3.05, 3.63) is 29.1 Å². The quantitative estimate of drug-likeness (QED) is 0.678. The average molecular weight is 191 g/mol. The van der Waals surface area contributed by atoms with Gasteiger partial charge in [0.15, 0.2) is 0 Å². The Morgan fingerprint density at radius 1 is 1.71 bits per heavy atom. The molecule has 72 valence electrons. The molecule has 0 aliphatic rings. The predicted octanol–water partition coefficient (Wildman–Crippen LogP) is -0.413. The molecule has 0 radical (unpaired) electrons. The lowest BCUT2D eigenvalue weighted by atomic mass is 10.1. The van der Waals surface area contributed by atoms with Crippen molar-refractivity contribution in [3.63, 3.8) is 0 Å². The molecule has 1 aromatic rings. The molecule has 0 spiro atoms. The van der Waals surface area contributed by atoms with E-state index in [0.29, 0.717) is 5.69 Å². The van der Waals surface area contributed by atoms with Crippen LogP contribution < -0.4 is 5.73 Å². The van der Waals surface area contributed by atoms with Crippen LogP contribution in [0.15, 0.2) is 12.3 Å². The first-order valence-corrected chi connectivity index (χ1v) is 3.98. The maximum atomic E-state index is 11.0. The molecule has 1 rings (SSSR count). The number of nitrogens with two attached hydrogens (primary N) is 1. The SMILES string of the molecule is N#Cc1cnc(CCO)c(C(N)=O)c1. The topological polar surface area (TPSA) is 100 Å². The van der Waals surface area contributed by atoms with Crippen molar-refractivity contribution in [2.75, 3.05) is 6.61 Å². The fourth-order valence-corrected chi connectivity index (χ4v) is 1.07. The molecule has 5 heteroatoms. The number of nitrogens with zero attached hydrogens (tertiary/aromatic N) is 2. The summed E-state index contributed by atoms with van der Waals surface area (Å²) in [7, 11) is 0. The molecule has 0 saturated carbocycles. The van der Waals surface area contributed by atoms with Gasteiger partial charge >= 0.3 is 0 Å². The summed E-state index contributed by atoms with van der Waals surface area (Å²) in [6.45, 7) is -0.112. The lowest BCUT2D eigenvalue weighted by Crippen LogP contribution is -2.16. The number of carbonyl (C=O) groups is 1. The molecule has 0 bridgehead atoms. The minimum absolute atomic E-state index is 0.112. The van der Waals surface area contributed by atoms with Gasteiger partial charge in [-0.2, -0.15) is 5.26 Å². The molecule has 0 aromatic carbocycles. The van der Waals surface area contributed by atoms with Gasteiger partial charge < -0.3 is 10.8 Å². The van der Waals surface area contributed by atoms with Crippen LogP contribution in [0.25, 0.3) is 0 Å². The van der Waals surface area contributed by atoms with Gasteiger partial charge in [0.1, 0.15) is 6.07 Å². The Bertz CT molecular complexity index is 396. The van der Waals surface area contributed by atoms with Crippen molar-refractivity contribution < 1.29 is 9.90 Å². The maximum Gasteiger partial charge on any atom is 0.250 e. The van der Waals surface area contributed by atoms with E-state index in [-0.39, 0.29) is 24.2 Å². The van der Waals surface area contributed by atoms with Gasteiger partial charge in [-0.3, -0.25) is 9.78 Å². The third-order valence-corrected chi connectivity index (χ3v) is 1.71. The molecule has 5 nitrogen and oxygen atoms in total. The Kier molecular flexibility index (Phi) is 3.15. The van der Waals surface area contributed by atoms with E-state index in [0.717, 1.165) is 0 Å². The van der Waals surface area contributed by atoms with Gasteiger partial charge in [0.2, 0.25) is 0 Å². The molecule has 1 amide bonds. The minimum Gasteiger partial charge on any atom is -0.396 e. The highest BCUT2D eigenvalue weighted by Crippen LogP contribution is 2.08. The summed E-state index contributed by atoms with van der Waals surface area (Å²) in [6, 6.07) is 3.23. The zero-order valence-electron chi connectivity index (χ0n) is 7.40. The van der Waals surface area contributed by atoms with E-state index < -0.39 is 5.91 Å². The zero-order valence-corrected chi connectivity index (χ0v) is 7.40. The summed E-state index contributed by atoms with van der Waals surface area (Å²) in [4.78, 5) is 14.8. The van der Waals surface area contributed by atoms with Crippen LogP contribution in [0.1, 0.15) is 21.6 Å². The number of hydrogen-bond acceptors (Lipinski definition) is 4. The smallest absolute Gasteiger partial charge is 0.250 e. The third kappa shape index (κ3) is 2.06. The van der Waals surface area contributed by atoms with Crippen LogP contribution in [0.3, 0.4) is 0 Å². The molecule has 0 aliphatic carbocycles. The fourth-order valence-electron chi connectivity index (χ4n) is 1.07. The third-order valence-electron chi connectivity index (χ3n) is 1.71. The maximum absolute atomic E-state index is 11.0. The van der Waals surface area contributed by atoms with Crippen molar-refractivity contribution >= 4 is 5.91 Å². The molecule has 14 heavy (non-hydrogen) atoms. The molecule has 3 N–H and O–H groups in total. The summed E-state index contributed by atoms with van der Waals surface area (Å²) >= 11 is 0. The van der Waals surface area contributed by atoms with Gasteiger partial charge in [-0.15, -0.1) is 0 Å². The van der Waals surface area contributed by atoms with Crippen molar-refractivity contribution in [2.24, 2.45) is 5.73 Å². The van der Waals surface area contributed by atoms with E-state index in [1.165, 1.54) is 12.3 Å². The summed E-state index contributed by atoms with van der Waals surface area (Å²) in [5.41, 5.74) is 5.99. The summed E-state index contributed by atoms with van der Waals surface area (Å²) in [5, 5.41) is 17.3. The predicted molar refractivity (Wildman–Crippen MR) is 48.3 cm³/mol. The Labute approximate surface area is 80.8 Å². The monoisotopic (exact) mass is 191 g/mol. The van der Waals surface area contributed by atoms with E-state index in [1.807, 2.05) is 6.07 Å². The van der Waals surface area contributed by atoms with Crippen LogP contribution in [-0.4, -0.2) is 22.6 Å². The molecule has 0 atom stereocenters. The normalized spacial score (nSPS) is 9.43. The number of aliphatic hydroxyl groups is 1. The summed E-state index contributed by atoms with van der Waals surface area (Å²) in [5.74, 6) is -0.641. The number of rotatable bonds is 3. The molecular weight excluding hydrogens is 182 g/mol. The van der Waals surface area contributed by atoms with E-state index in [2.05, 4.69) is 4.98 Å². The number of primary amides is 1. The number of amides is 1. The Morgan fingerprint density at radius 2 is 2.43 bits per heavy atom. The molecule has 0 aliphatic heterocycles. The van der Waals surface area contributed by atoms with E-state index in [9.17, 15) is 4.79 Å². The van der Waals surface area contributed by atoms with Gasteiger partial charge in [0.25, 0.3) is 5.91 Å². The van der Waals surface area contributed by atoms with Crippen molar-refractivity contribution in [2.45, 2.75) is 6.42 Å². The molecule has 0 fully saturated rings. The lowest BCUT2D eigenvalue weighted by Gasteiger charge is -2.03. The van der Waals surface area contributed by atoms with Gasteiger partial charge in [0, 0.05) is 19.2 Å². The van der Waals surface area contributed by atoms with Gasteiger partial charge in [-0.1, -0.05) is 0 Å². The van der Waals surface area contributed by atoms with E-state index in [4.69, 9.17) is 16.1 Å². The van der Waals surface area contributed by atoms with Gasteiger partial charge in [0.05, 0.1) is 16.8 Å². The first-order valence-electron chi connectivity index (χ1n) is 3.98. The van der Waals surface area contributed by atoms with Gasteiger partial charge in [-0.05, 0) is 6.07 Å². The molecule has 0 saturated heterocycles. The van der Waals surface area contributed by atoms with Crippen LogP contribution >= 0.6 is 0 Å². The Morgan fingerprint density at radius 3 is 2.93 bits per heavy atom. The zero-order chi connectivity index (χ0) is 10.6. The molecule has 1 heterocycles. The summed E-state index contributed by atoms with van der Waals surface area (Å²) < 4.78 is 0. The van der Waals surface area contributed by atoms with Crippen LogP contribution in [0.4, 0.5) is 0 Å². The van der Waals surface area contributed by atoms with Crippen LogP contribution in [0.2, 0.25) is 0 Å². The molecule has 0 unspecified atom stereocenters. The highest BCUT2D eigenvalue weighted by molar-refractivity contribution is 5.94. The number of nitriles is 1. The van der Waals surface area contributed by atoms with Crippen LogP contribution in [0, 0.1) is 11.3 Å². The largest absolute Gasteiger partial charge is 0.396 e. The lowest BCUT2D eigenvalue weighted by molar-refractivity contribution is 0.0998. The average Bonchev–Trinajstić information content (AvgIpc) is 2.18. The minimum atomic E-state index is -0.641. The number of aliphatic hydroxyl groups excluding tert-OH is 1. The van der Waals surface area contributed by atoms with Crippen LogP contribution in [-0.2, 0) is 6.42 Å².